The summed E-state index contributed by atoms with van der Waals surface area (Å²) in [6, 6.07) is 11.3. The maximum absolute atomic E-state index is 13.3. The number of carboxylic acid groups (broad SMARTS) is 1. The van der Waals surface area contributed by atoms with E-state index in [0.29, 0.717) is 23.5 Å². The Balaban J connectivity index is 1.31. The molecule has 1 fully saturated rings. The van der Waals surface area contributed by atoms with Crippen LogP contribution in [0.3, 0.4) is 0 Å². The summed E-state index contributed by atoms with van der Waals surface area (Å²) in [7, 11) is 0. The lowest BCUT2D eigenvalue weighted by Crippen LogP contribution is -2.48. The number of amides is 3. The number of hydrogen-bond donors (Lipinski definition) is 6. The van der Waals surface area contributed by atoms with Gasteiger partial charge in [-0.2, -0.15) is 0 Å². The summed E-state index contributed by atoms with van der Waals surface area (Å²) in [5.74, 6) is -0.784. The standard InChI is InChI=1S/C31H40N6O6/c1-2-3-15-43-31(42)37-26(30(40)41)18-33-28(38)21-7-6-8-22(23(21)17-32)29(39)34-20-13-11-19(12-14-20)16-27-35-24-9-4-5-10-25(24)36-27/h4-10,19-20,26H,2-3,11-18,32H2,1H3,(H,33,38)(H,34,39)(H,35,36)(H,37,42)(H,40,41). The number of nitrogens with two attached hydrogens (primary N) is 1. The highest BCUT2D eigenvalue weighted by Gasteiger charge is 2.26. The van der Waals surface area contributed by atoms with Crippen LogP contribution in [0.25, 0.3) is 11.0 Å². The molecule has 3 aromatic rings. The molecule has 230 valence electrons. The van der Waals surface area contributed by atoms with Gasteiger partial charge in [-0.25, -0.2) is 14.6 Å². The third-order valence-corrected chi connectivity index (χ3v) is 7.76. The first-order valence-electron chi connectivity index (χ1n) is 14.8. The number of ether oxygens (including phenoxy) is 1. The monoisotopic (exact) mass is 592 g/mol. The Morgan fingerprint density at radius 3 is 2.44 bits per heavy atom. The van der Waals surface area contributed by atoms with Gasteiger partial charge in [-0.1, -0.05) is 31.5 Å². The average Bonchev–Trinajstić information content (AvgIpc) is 3.42. The van der Waals surface area contributed by atoms with Crippen LogP contribution in [0, 0.1) is 5.92 Å². The van der Waals surface area contributed by atoms with Crippen molar-refractivity contribution in [3.8, 4) is 0 Å². The van der Waals surface area contributed by atoms with Gasteiger partial charge in [0.05, 0.1) is 17.6 Å². The van der Waals surface area contributed by atoms with E-state index in [-0.39, 0.29) is 37.2 Å². The molecule has 3 amide bonds. The first-order chi connectivity index (χ1) is 20.8. The van der Waals surface area contributed by atoms with Gasteiger partial charge in [0, 0.05) is 36.7 Å². The van der Waals surface area contributed by atoms with Crippen molar-refractivity contribution in [2.75, 3.05) is 13.2 Å². The van der Waals surface area contributed by atoms with Gasteiger partial charge in [-0.05, 0) is 67.9 Å². The summed E-state index contributed by atoms with van der Waals surface area (Å²) in [5.41, 5.74) is 8.79. The number of aliphatic carboxylic acids is 1. The average molecular weight is 593 g/mol. The lowest BCUT2D eigenvalue weighted by molar-refractivity contribution is -0.139. The number of nitrogens with one attached hydrogen (secondary N) is 4. The lowest BCUT2D eigenvalue weighted by atomic mass is 9.84. The van der Waals surface area contributed by atoms with E-state index >= 15 is 0 Å². The number of carbonyl (C=O) groups excluding carboxylic acids is 3. The van der Waals surface area contributed by atoms with Crippen LogP contribution in [0.15, 0.2) is 42.5 Å². The smallest absolute Gasteiger partial charge is 0.407 e. The summed E-state index contributed by atoms with van der Waals surface area (Å²) < 4.78 is 4.95. The number of aromatic nitrogens is 2. The van der Waals surface area contributed by atoms with E-state index in [1.807, 2.05) is 31.2 Å². The Labute approximate surface area is 250 Å². The molecule has 1 unspecified atom stereocenters. The third-order valence-electron chi connectivity index (χ3n) is 7.76. The maximum Gasteiger partial charge on any atom is 0.407 e. The fraction of sp³-hybridized carbons (Fsp3) is 0.452. The van der Waals surface area contributed by atoms with Crippen LogP contribution >= 0.6 is 0 Å². The van der Waals surface area contributed by atoms with Crippen molar-refractivity contribution in [2.45, 2.75) is 70.5 Å². The number of rotatable bonds is 13. The normalized spacial score (nSPS) is 17.2. The van der Waals surface area contributed by atoms with Crippen LogP contribution in [-0.2, 0) is 22.5 Å². The Morgan fingerprint density at radius 2 is 1.77 bits per heavy atom. The second-order valence-electron chi connectivity index (χ2n) is 10.9. The Hall–Kier alpha value is -4.45. The largest absolute Gasteiger partial charge is 0.480 e. The van der Waals surface area contributed by atoms with Crippen LogP contribution in [0.5, 0.6) is 0 Å². The summed E-state index contributed by atoms with van der Waals surface area (Å²) >= 11 is 0. The number of nitrogens with zero attached hydrogens (tertiary/aromatic N) is 1. The molecule has 12 nitrogen and oxygen atoms in total. The highest BCUT2D eigenvalue weighted by molar-refractivity contribution is 6.02. The number of fused-ring (bicyclic) bond motifs is 1. The van der Waals surface area contributed by atoms with Crippen molar-refractivity contribution in [1.29, 1.82) is 0 Å². The minimum atomic E-state index is -1.40. The van der Waals surface area contributed by atoms with Crippen LogP contribution in [0.2, 0.25) is 0 Å². The summed E-state index contributed by atoms with van der Waals surface area (Å²) in [5, 5.41) is 17.3. The first-order valence-corrected chi connectivity index (χ1v) is 14.8. The predicted molar refractivity (Wildman–Crippen MR) is 160 cm³/mol. The molecular weight excluding hydrogens is 552 g/mol. The number of imidazole rings is 1. The third kappa shape index (κ3) is 8.54. The molecule has 1 aliphatic rings. The zero-order valence-corrected chi connectivity index (χ0v) is 24.4. The number of H-pyrrole nitrogens is 1. The quantitative estimate of drug-likeness (QED) is 0.163. The zero-order chi connectivity index (χ0) is 30.8. The molecule has 0 saturated heterocycles. The van der Waals surface area contributed by atoms with Gasteiger partial charge in [0.2, 0.25) is 0 Å². The molecule has 0 aliphatic heterocycles. The molecule has 4 rings (SSSR count). The molecule has 12 heteroatoms. The molecule has 0 radical (unpaired) electrons. The van der Waals surface area contributed by atoms with E-state index < -0.39 is 24.0 Å². The molecule has 2 aromatic carbocycles. The van der Waals surface area contributed by atoms with Crippen molar-refractivity contribution < 1.29 is 29.0 Å². The number of benzene rings is 2. The molecule has 43 heavy (non-hydrogen) atoms. The molecule has 1 heterocycles. The number of alkyl carbamates (subject to hydrolysis) is 1. The highest BCUT2D eigenvalue weighted by atomic mass is 16.5. The van der Waals surface area contributed by atoms with E-state index in [9.17, 15) is 24.3 Å². The van der Waals surface area contributed by atoms with Gasteiger partial charge >= 0.3 is 12.1 Å². The SMILES string of the molecule is CCCCOC(=O)NC(CNC(=O)c1cccc(C(=O)NC2CCC(Cc3nc4ccccc4[nH]3)CC2)c1CN)C(=O)O. The number of hydrogen-bond acceptors (Lipinski definition) is 7. The van der Waals surface area contributed by atoms with Crippen molar-refractivity contribution in [1.82, 2.24) is 25.9 Å². The maximum atomic E-state index is 13.3. The fourth-order valence-corrected chi connectivity index (χ4v) is 5.37. The van der Waals surface area contributed by atoms with Gasteiger partial charge < -0.3 is 36.5 Å². The number of carboxylic acids is 1. The summed E-state index contributed by atoms with van der Waals surface area (Å²) in [6.07, 6.45) is 5.04. The van der Waals surface area contributed by atoms with Crippen molar-refractivity contribution in [3.63, 3.8) is 0 Å². The van der Waals surface area contributed by atoms with E-state index in [1.54, 1.807) is 12.1 Å². The number of aromatic amines is 1. The van der Waals surface area contributed by atoms with Gasteiger partial charge in [0.15, 0.2) is 0 Å². The van der Waals surface area contributed by atoms with Crippen LogP contribution in [0.1, 0.15) is 77.6 Å². The van der Waals surface area contributed by atoms with Gasteiger partial charge in [-0.3, -0.25) is 9.59 Å². The Kier molecular flexibility index (Phi) is 11.1. The molecule has 1 aliphatic carbocycles. The second-order valence-corrected chi connectivity index (χ2v) is 10.9. The molecule has 0 bridgehead atoms. The predicted octanol–water partition coefficient (Wildman–Crippen LogP) is 3.26. The van der Waals surface area contributed by atoms with Crippen LogP contribution < -0.4 is 21.7 Å². The number of para-hydroxylation sites is 2. The molecule has 7 N–H and O–H groups in total. The zero-order valence-electron chi connectivity index (χ0n) is 24.4. The molecule has 0 spiro atoms. The van der Waals surface area contributed by atoms with Crippen LogP contribution in [-0.4, -0.2) is 64.2 Å². The summed E-state index contributed by atoms with van der Waals surface area (Å²) in [6.45, 7) is 1.65. The highest BCUT2D eigenvalue weighted by Crippen LogP contribution is 2.28. The number of unbranched alkanes of at least 4 members (excludes halogenated alkanes) is 1. The fourth-order valence-electron chi connectivity index (χ4n) is 5.37. The Morgan fingerprint density at radius 1 is 1.05 bits per heavy atom. The van der Waals surface area contributed by atoms with E-state index in [1.165, 1.54) is 6.07 Å². The molecule has 1 saturated carbocycles. The van der Waals surface area contributed by atoms with Gasteiger partial charge in [-0.15, -0.1) is 0 Å². The topological polar surface area (TPSA) is 189 Å². The molecule has 1 atom stereocenters. The van der Waals surface area contributed by atoms with E-state index in [0.717, 1.165) is 55.4 Å². The van der Waals surface area contributed by atoms with E-state index in [4.69, 9.17) is 10.5 Å². The minimum Gasteiger partial charge on any atom is -0.480 e. The Bertz CT molecular complexity index is 1400. The van der Waals surface area contributed by atoms with Crippen molar-refractivity contribution >= 4 is 34.9 Å². The van der Waals surface area contributed by atoms with E-state index in [2.05, 4.69) is 25.9 Å². The van der Waals surface area contributed by atoms with Crippen LogP contribution in [0.4, 0.5) is 4.79 Å². The first kappa shape index (κ1) is 31.5. The van der Waals surface area contributed by atoms with Crippen molar-refractivity contribution in [3.05, 3.63) is 65.0 Å². The summed E-state index contributed by atoms with van der Waals surface area (Å²) in [4.78, 5) is 57.9. The second kappa shape index (κ2) is 15.1. The van der Waals surface area contributed by atoms with Gasteiger partial charge in [0.25, 0.3) is 11.8 Å². The minimum absolute atomic E-state index is 0.00186. The number of carbonyl (C=O) groups is 4. The lowest BCUT2D eigenvalue weighted by Gasteiger charge is -2.29. The van der Waals surface area contributed by atoms with Crippen molar-refractivity contribution in [2.24, 2.45) is 11.7 Å². The molecular formula is C31H40N6O6. The molecule has 1 aromatic heterocycles. The van der Waals surface area contributed by atoms with Gasteiger partial charge in [0.1, 0.15) is 11.9 Å².